The molecule has 1 aliphatic rings. The van der Waals surface area contributed by atoms with Gasteiger partial charge in [-0.2, -0.15) is 4.98 Å². The van der Waals surface area contributed by atoms with Gasteiger partial charge in [0, 0.05) is 37.0 Å². The first kappa shape index (κ1) is 28.0. The maximum Gasteiger partial charge on any atom is 0.254 e. The molecular formula is C30H35FN8O2. The number of carbonyl (C=O) groups is 1. The fraction of sp³-hybridized carbons (Fsp3) is 0.367. The minimum Gasteiger partial charge on any atom is -0.492 e. The molecule has 0 saturated heterocycles. The Morgan fingerprint density at radius 1 is 1.15 bits per heavy atom. The van der Waals surface area contributed by atoms with Crippen molar-refractivity contribution in [1.29, 1.82) is 0 Å². The number of hydrogen-bond donors (Lipinski definition) is 3. The van der Waals surface area contributed by atoms with Crippen molar-refractivity contribution < 1.29 is 13.9 Å². The van der Waals surface area contributed by atoms with Crippen LogP contribution in [-0.2, 0) is 7.05 Å². The molecule has 4 aromatic rings. The zero-order valence-electron chi connectivity index (χ0n) is 24.0. The number of nitrogens with one attached hydrogen (secondary N) is 3. The molecule has 1 amide bonds. The van der Waals surface area contributed by atoms with Crippen LogP contribution in [0.2, 0.25) is 0 Å². The van der Waals surface area contributed by atoms with Crippen molar-refractivity contribution in [3.63, 3.8) is 0 Å². The molecule has 214 valence electrons. The standard InChI is InChI=1S/C30H35FN8O2/c1-6-41-25-14-19(27-38-34-17-39(27)5)8-12-24(25)36-29-32-15-22(26(37-29)33-16-30(2,3)4)18-7-11-21(23(31)13-18)28(40)35-20-9-10-20/h7-8,11-15,17,20H,6,9-10,16H2,1-5H3,(H,35,40)(H2,32,33,36,37). The molecule has 41 heavy (non-hydrogen) atoms. The van der Waals surface area contributed by atoms with Gasteiger partial charge in [-0.1, -0.05) is 26.8 Å². The van der Waals surface area contributed by atoms with Gasteiger partial charge in [-0.25, -0.2) is 9.37 Å². The molecule has 1 aliphatic carbocycles. The molecule has 2 aromatic carbocycles. The van der Waals surface area contributed by atoms with E-state index in [9.17, 15) is 4.79 Å². The zero-order valence-corrected chi connectivity index (χ0v) is 24.0. The average Bonchev–Trinajstić information content (AvgIpc) is 3.64. The summed E-state index contributed by atoms with van der Waals surface area (Å²) in [7, 11) is 1.88. The highest BCUT2D eigenvalue weighted by Crippen LogP contribution is 2.34. The number of nitrogens with zero attached hydrogens (tertiary/aromatic N) is 5. The molecule has 11 heteroatoms. The molecule has 0 aliphatic heterocycles. The van der Waals surface area contributed by atoms with E-state index in [0.717, 1.165) is 24.2 Å². The average molecular weight is 559 g/mol. The first-order valence-electron chi connectivity index (χ1n) is 13.7. The quantitative estimate of drug-likeness (QED) is 0.231. The number of carbonyl (C=O) groups excluding carboxylic acids is 1. The maximum absolute atomic E-state index is 15.0. The first-order chi connectivity index (χ1) is 19.6. The fourth-order valence-corrected chi connectivity index (χ4v) is 4.20. The highest BCUT2D eigenvalue weighted by atomic mass is 19.1. The summed E-state index contributed by atoms with van der Waals surface area (Å²) in [6.07, 6.45) is 5.16. The summed E-state index contributed by atoms with van der Waals surface area (Å²) in [6, 6.07) is 10.4. The second-order valence-electron chi connectivity index (χ2n) is 11.3. The summed E-state index contributed by atoms with van der Waals surface area (Å²) in [6.45, 7) is 9.34. The molecule has 2 heterocycles. The number of ether oxygens (including phenoxy) is 1. The summed E-state index contributed by atoms with van der Waals surface area (Å²) < 4.78 is 22.8. The molecule has 1 fully saturated rings. The third-order valence-electron chi connectivity index (χ3n) is 6.51. The molecule has 5 rings (SSSR count). The van der Waals surface area contributed by atoms with Gasteiger partial charge in [0.2, 0.25) is 5.95 Å². The summed E-state index contributed by atoms with van der Waals surface area (Å²) in [5.41, 5.74) is 2.72. The van der Waals surface area contributed by atoms with Gasteiger partial charge in [-0.3, -0.25) is 4.79 Å². The lowest BCUT2D eigenvalue weighted by Gasteiger charge is -2.21. The van der Waals surface area contributed by atoms with E-state index in [2.05, 4.69) is 51.9 Å². The van der Waals surface area contributed by atoms with Crippen LogP contribution in [0.15, 0.2) is 48.9 Å². The van der Waals surface area contributed by atoms with E-state index in [-0.39, 0.29) is 17.0 Å². The van der Waals surface area contributed by atoms with Crippen LogP contribution in [0.3, 0.4) is 0 Å². The van der Waals surface area contributed by atoms with Crippen molar-refractivity contribution in [3.8, 4) is 28.3 Å². The summed E-state index contributed by atoms with van der Waals surface area (Å²) in [4.78, 5) is 21.7. The number of halogens is 1. The van der Waals surface area contributed by atoms with Crippen LogP contribution >= 0.6 is 0 Å². The SMILES string of the molecule is CCOc1cc(-c2nncn2C)ccc1Nc1ncc(-c2ccc(C(=O)NC3CC3)c(F)c2)c(NCC(C)(C)C)n1. The number of aryl methyl sites for hydroxylation is 1. The molecule has 10 nitrogen and oxygen atoms in total. The van der Waals surface area contributed by atoms with Gasteiger partial charge in [0.1, 0.15) is 23.7 Å². The Kier molecular flexibility index (Phi) is 7.87. The van der Waals surface area contributed by atoms with Gasteiger partial charge in [0.05, 0.1) is 17.9 Å². The number of anilines is 3. The van der Waals surface area contributed by atoms with Crippen molar-refractivity contribution in [2.75, 3.05) is 23.8 Å². The Balaban J connectivity index is 1.45. The highest BCUT2D eigenvalue weighted by molar-refractivity contribution is 5.95. The van der Waals surface area contributed by atoms with Crippen LogP contribution in [0, 0.1) is 11.2 Å². The number of hydrogen-bond acceptors (Lipinski definition) is 8. The third-order valence-corrected chi connectivity index (χ3v) is 6.51. The molecule has 0 spiro atoms. The molecule has 0 unspecified atom stereocenters. The van der Waals surface area contributed by atoms with Crippen molar-refractivity contribution in [2.24, 2.45) is 12.5 Å². The van der Waals surface area contributed by atoms with E-state index in [1.807, 2.05) is 36.7 Å². The molecule has 1 saturated carbocycles. The van der Waals surface area contributed by atoms with E-state index < -0.39 is 11.7 Å². The van der Waals surface area contributed by atoms with Crippen molar-refractivity contribution in [3.05, 3.63) is 60.3 Å². The second kappa shape index (κ2) is 11.5. The van der Waals surface area contributed by atoms with Crippen molar-refractivity contribution in [2.45, 2.75) is 46.6 Å². The number of benzene rings is 2. The Hall–Kier alpha value is -4.54. The predicted molar refractivity (Wildman–Crippen MR) is 157 cm³/mol. The minimum absolute atomic E-state index is 0.0253. The predicted octanol–water partition coefficient (Wildman–Crippen LogP) is 5.57. The number of amides is 1. The van der Waals surface area contributed by atoms with E-state index in [4.69, 9.17) is 9.72 Å². The Bertz CT molecular complexity index is 1560. The highest BCUT2D eigenvalue weighted by Gasteiger charge is 2.25. The largest absolute Gasteiger partial charge is 0.492 e. The number of aromatic nitrogens is 5. The maximum atomic E-state index is 15.0. The lowest BCUT2D eigenvalue weighted by molar-refractivity contribution is 0.0947. The summed E-state index contributed by atoms with van der Waals surface area (Å²) in [5.74, 6) is 1.24. The van der Waals surface area contributed by atoms with Gasteiger partial charge in [0.25, 0.3) is 5.91 Å². The lowest BCUT2D eigenvalue weighted by Crippen LogP contribution is -2.26. The van der Waals surface area contributed by atoms with Gasteiger partial charge >= 0.3 is 0 Å². The molecule has 2 aromatic heterocycles. The monoisotopic (exact) mass is 558 g/mol. The van der Waals surface area contributed by atoms with E-state index in [1.165, 1.54) is 12.1 Å². The smallest absolute Gasteiger partial charge is 0.254 e. The van der Waals surface area contributed by atoms with Gasteiger partial charge < -0.3 is 25.3 Å². The Labute approximate surface area is 238 Å². The Morgan fingerprint density at radius 2 is 1.93 bits per heavy atom. The second-order valence-corrected chi connectivity index (χ2v) is 11.3. The summed E-state index contributed by atoms with van der Waals surface area (Å²) >= 11 is 0. The van der Waals surface area contributed by atoms with Crippen LogP contribution in [0.1, 0.15) is 50.9 Å². The molecular weight excluding hydrogens is 523 g/mol. The van der Waals surface area contributed by atoms with Gasteiger partial charge in [-0.05, 0) is 61.1 Å². The summed E-state index contributed by atoms with van der Waals surface area (Å²) in [5, 5.41) is 17.6. The fourth-order valence-electron chi connectivity index (χ4n) is 4.20. The van der Waals surface area contributed by atoms with Crippen LogP contribution in [0.4, 0.5) is 21.8 Å². The lowest BCUT2D eigenvalue weighted by atomic mass is 9.97. The van der Waals surface area contributed by atoms with Crippen LogP contribution in [0.25, 0.3) is 22.5 Å². The van der Waals surface area contributed by atoms with Crippen LogP contribution in [0.5, 0.6) is 5.75 Å². The molecule has 0 radical (unpaired) electrons. The van der Waals surface area contributed by atoms with Crippen molar-refractivity contribution in [1.82, 2.24) is 30.0 Å². The van der Waals surface area contributed by atoms with Crippen LogP contribution in [-0.4, -0.2) is 49.8 Å². The molecule has 0 bridgehead atoms. The number of rotatable bonds is 10. The zero-order chi connectivity index (χ0) is 29.1. The van der Waals surface area contributed by atoms with Crippen molar-refractivity contribution >= 4 is 23.4 Å². The third kappa shape index (κ3) is 6.79. The van der Waals surface area contributed by atoms with E-state index in [0.29, 0.717) is 47.5 Å². The molecule has 3 N–H and O–H groups in total. The minimum atomic E-state index is -0.589. The van der Waals surface area contributed by atoms with Gasteiger partial charge in [-0.15, -0.1) is 10.2 Å². The van der Waals surface area contributed by atoms with Crippen LogP contribution < -0.4 is 20.7 Å². The van der Waals surface area contributed by atoms with E-state index >= 15 is 4.39 Å². The van der Waals surface area contributed by atoms with E-state index in [1.54, 1.807) is 18.6 Å². The first-order valence-corrected chi connectivity index (χ1v) is 13.7. The molecule has 0 atom stereocenters. The Morgan fingerprint density at radius 3 is 2.59 bits per heavy atom. The van der Waals surface area contributed by atoms with Gasteiger partial charge in [0.15, 0.2) is 5.82 Å². The normalized spacial score (nSPS) is 13.1. The topological polar surface area (TPSA) is 119 Å².